The zero-order chi connectivity index (χ0) is 18.1. The minimum atomic E-state index is -0.295. The Labute approximate surface area is 158 Å². The van der Waals surface area contributed by atoms with Crippen LogP contribution < -0.4 is 5.32 Å². The predicted molar refractivity (Wildman–Crippen MR) is 107 cm³/mol. The van der Waals surface area contributed by atoms with Crippen LogP contribution in [0.2, 0.25) is 0 Å². The highest BCUT2D eigenvalue weighted by Crippen LogP contribution is 2.31. The number of para-hydroxylation sites is 2. The number of hydrogen-bond acceptors (Lipinski definition) is 6. The molecule has 0 spiro atoms. The number of fused-ring (bicyclic) bond motifs is 2. The Morgan fingerprint density at radius 2 is 2.08 bits per heavy atom. The Kier molecular flexibility index (Phi) is 4.65. The standard InChI is InChI=1S/C19H17N3O2S2/c1-3-15(26-19-21-12-6-4-5-7-14(12)24-19)17(23)22-18-20-13-9-8-11(2)10-16(13)25-18/h4-10,15H,3H2,1-2H3,(H,20,22,23). The molecule has 5 nitrogen and oxygen atoms in total. The lowest BCUT2D eigenvalue weighted by Crippen LogP contribution is -2.24. The van der Waals surface area contributed by atoms with Gasteiger partial charge in [0.05, 0.1) is 15.5 Å². The van der Waals surface area contributed by atoms with Gasteiger partial charge < -0.3 is 9.73 Å². The lowest BCUT2D eigenvalue weighted by atomic mass is 10.2. The molecule has 1 unspecified atom stereocenters. The molecule has 0 aliphatic carbocycles. The van der Waals surface area contributed by atoms with Crippen LogP contribution in [-0.2, 0) is 4.79 Å². The predicted octanol–water partition coefficient (Wildman–Crippen LogP) is 5.26. The normalized spacial score (nSPS) is 12.5. The molecule has 2 aromatic carbocycles. The summed E-state index contributed by atoms with van der Waals surface area (Å²) in [4.78, 5) is 21.6. The first-order valence-corrected chi connectivity index (χ1v) is 10.0. The summed E-state index contributed by atoms with van der Waals surface area (Å²) in [7, 11) is 0. The van der Waals surface area contributed by atoms with Gasteiger partial charge in [-0.2, -0.15) is 0 Å². The second-order valence-corrected chi connectivity index (χ2v) is 8.13. The topological polar surface area (TPSA) is 68.0 Å². The van der Waals surface area contributed by atoms with Crippen molar-refractivity contribution in [2.45, 2.75) is 30.7 Å². The van der Waals surface area contributed by atoms with Gasteiger partial charge in [-0.3, -0.25) is 4.79 Å². The van der Waals surface area contributed by atoms with E-state index in [4.69, 9.17) is 4.42 Å². The molecule has 4 aromatic rings. The molecular weight excluding hydrogens is 366 g/mol. The number of thioether (sulfide) groups is 1. The largest absolute Gasteiger partial charge is 0.431 e. The van der Waals surface area contributed by atoms with E-state index in [0.717, 1.165) is 21.3 Å². The zero-order valence-corrected chi connectivity index (χ0v) is 16.0. The fraction of sp³-hybridized carbons (Fsp3) is 0.211. The number of oxazole rings is 1. The number of aromatic nitrogens is 2. The molecule has 0 bridgehead atoms. The van der Waals surface area contributed by atoms with Crippen molar-refractivity contribution < 1.29 is 9.21 Å². The SMILES string of the molecule is CCC(Sc1nc2ccccc2o1)C(=O)Nc1nc2ccc(C)cc2s1. The van der Waals surface area contributed by atoms with E-state index in [0.29, 0.717) is 16.8 Å². The number of rotatable bonds is 5. The maximum atomic E-state index is 12.7. The van der Waals surface area contributed by atoms with Crippen molar-refractivity contribution in [2.75, 3.05) is 5.32 Å². The number of amides is 1. The van der Waals surface area contributed by atoms with Gasteiger partial charge in [0.2, 0.25) is 5.91 Å². The number of aryl methyl sites for hydroxylation is 1. The Balaban J connectivity index is 1.50. The molecule has 0 aliphatic heterocycles. The molecule has 0 saturated carbocycles. The van der Waals surface area contributed by atoms with Crippen LogP contribution >= 0.6 is 23.1 Å². The first-order chi connectivity index (χ1) is 12.6. The molecule has 7 heteroatoms. The van der Waals surface area contributed by atoms with Crippen molar-refractivity contribution in [1.29, 1.82) is 0 Å². The third-order valence-corrected chi connectivity index (χ3v) is 6.10. The summed E-state index contributed by atoms with van der Waals surface area (Å²) in [6.45, 7) is 4.02. The first kappa shape index (κ1) is 17.1. The van der Waals surface area contributed by atoms with Crippen LogP contribution in [0.15, 0.2) is 52.1 Å². The van der Waals surface area contributed by atoms with Gasteiger partial charge in [0.25, 0.3) is 5.22 Å². The van der Waals surface area contributed by atoms with E-state index in [1.807, 2.05) is 50.2 Å². The van der Waals surface area contributed by atoms with E-state index in [-0.39, 0.29) is 11.2 Å². The number of carbonyl (C=O) groups excluding carboxylic acids is 1. The molecule has 0 saturated heterocycles. The Bertz CT molecular complexity index is 1050. The van der Waals surface area contributed by atoms with Crippen molar-refractivity contribution in [2.24, 2.45) is 0 Å². The van der Waals surface area contributed by atoms with Crippen molar-refractivity contribution in [1.82, 2.24) is 9.97 Å². The minimum Gasteiger partial charge on any atom is -0.431 e. The smallest absolute Gasteiger partial charge is 0.257 e. The number of anilines is 1. The second kappa shape index (κ2) is 7.09. The molecule has 1 amide bonds. The molecule has 4 rings (SSSR count). The van der Waals surface area contributed by atoms with Gasteiger partial charge in [-0.05, 0) is 43.2 Å². The summed E-state index contributed by atoms with van der Waals surface area (Å²) < 4.78 is 6.79. The van der Waals surface area contributed by atoms with Gasteiger partial charge in [0, 0.05) is 0 Å². The number of nitrogens with zero attached hydrogens (tertiary/aromatic N) is 2. The van der Waals surface area contributed by atoms with Crippen LogP contribution in [0.4, 0.5) is 5.13 Å². The van der Waals surface area contributed by atoms with Crippen LogP contribution in [0.1, 0.15) is 18.9 Å². The van der Waals surface area contributed by atoms with Gasteiger partial charge in [-0.1, -0.05) is 48.2 Å². The van der Waals surface area contributed by atoms with Gasteiger partial charge in [-0.25, -0.2) is 9.97 Å². The zero-order valence-electron chi connectivity index (χ0n) is 14.4. The molecule has 0 aliphatic rings. The van der Waals surface area contributed by atoms with E-state index in [1.54, 1.807) is 0 Å². The van der Waals surface area contributed by atoms with E-state index in [2.05, 4.69) is 21.4 Å². The minimum absolute atomic E-state index is 0.0875. The number of thiazole rings is 1. The number of hydrogen-bond donors (Lipinski definition) is 1. The average molecular weight is 383 g/mol. The molecule has 26 heavy (non-hydrogen) atoms. The van der Waals surface area contributed by atoms with Gasteiger partial charge in [-0.15, -0.1) is 0 Å². The summed E-state index contributed by atoms with van der Waals surface area (Å²) in [6.07, 6.45) is 0.666. The van der Waals surface area contributed by atoms with E-state index in [9.17, 15) is 4.79 Å². The third kappa shape index (κ3) is 3.45. The highest BCUT2D eigenvalue weighted by molar-refractivity contribution is 8.00. The summed E-state index contributed by atoms with van der Waals surface area (Å²) in [5.74, 6) is -0.0875. The molecule has 1 atom stereocenters. The molecule has 132 valence electrons. The number of nitrogens with one attached hydrogen (secondary N) is 1. The van der Waals surface area contributed by atoms with E-state index in [1.165, 1.54) is 28.7 Å². The number of carbonyl (C=O) groups is 1. The highest BCUT2D eigenvalue weighted by Gasteiger charge is 2.22. The van der Waals surface area contributed by atoms with E-state index < -0.39 is 0 Å². The molecule has 2 aromatic heterocycles. The van der Waals surface area contributed by atoms with Crippen LogP contribution in [0.5, 0.6) is 0 Å². The average Bonchev–Trinajstić information content (AvgIpc) is 3.21. The van der Waals surface area contributed by atoms with Crippen molar-refractivity contribution in [3.63, 3.8) is 0 Å². The summed E-state index contributed by atoms with van der Waals surface area (Å²) in [5, 5.41) is 3.76. The van der Waals surface area contributed by atoms with Crippen LogP contribution in [-0.4, -0.2) is 21.1 Å². The molecule has 2 heterocycles. The fourth-order valence-electron chi connectivity index (χ4n) is 2.62. The Morgan fingerprint density at radius 3 is 2.88 bits per heavy atom. The Hall–Kier alpha value is -2.38. The van der Waals surface area contributed by atoms with Crippen LogP contribution in [0, 0.1) is 6.92 Å². The van der Waals surface area contributed by atoms with Crippen molar-refractivity contribution in [3.05, 3.63) is 48.0 Å². The van der Waals surface area contributed by atoms with E-state index >= 15 is 0 Å². The Morgan fingerprint density at radius 1 is 1.23 bits per heavy atom. The molecular formula is C19H17N3O2S2. The maximum absolute atomic E-state index is 12.7. The lowest BCUT2D eigenvalue weighted by Gasteiger charge is -2.10. The molecule has 0 radical (unpaired) electrons. The third-order valence-electron chi connectivity index (χ3n) is 3.95. The van der Waals surface area contributed by atoms with Crippen molar-refractivity contribution >= 4 is 55.5 Å². The molecule has 1 N–H and O–H groups in total. The summed E-state index contributed by atoms with van der Waals surface area (Å²) in [5.41, 5.74) is 3.60. The maximum Gasteiger partial charge on any atom is 0.257 e. The fourth-order valence-corrected chi connectivity index (χ4v) is 4.45. The first-order valence-electron chi connectivity index (χ1n) is 8.32. The molecule has 0 fully saturated rings. The van der Waals surface area contributed by atoms with Gasteiger partial charge >= 0.3 is 0 Å². The van der Waals surface area contributed by atoms with Crippen LogP contribution in [0.3, 0.4) is 0 Å². The number of benzene rings is 2. The van der Waals surface area contributed by atoms with Gasteiger partial charge in [0.1, 0.15) is 5.52 Å². The second-order valence-electron chi connectivity index (χ2n) is 5.94. The van der Waals surface area contributed by atoms with Crippen molar-refractivity contribution in [3.8, 4) is 0 Å². The summed E-state index contributed by atoms with van der Waals surface area (Å²) >= 11 is 2.82. The quantitative estimate of drug-likeness (QED) is 0.476. The highest BCUT2D eigenvalue weighted by atomic mass is 32.2. The lowest BCUT2D eigenvalue weighted by molar-refractivity contribution is -0.115. The summed E-state index contributed by atoms with van der Waals surface area (Å²) in [6, 6.07) is 13.7. The van der Waals surface area contributed by atoms with Crippen LogP contribution in [0.25, 0.3) is 21.3 Å². The monoisotopic (exact) mass is 383 g/mol. The van der Waals surface area contributed by atoms with Gasteiger partial charge in [0.15, 0.2) is 10.7 Å².